The van der Waals surface area contributed by atoms with Crippen molar-refractivity contribution < 1.29 is 9.59 Å². The van der Waals surface area contributed by atoms with Gasteiger partial charge in [0.05, 0.1) is 5.69 Å². The third-order valence-corrected chi connectivity index (χ3v) is 4.44. The van der Waals surface area contributed by atoms with Crippen molar-refractivity contribution in [3.63, 3.8) is 0 Å². The fourth-order valence-electron chi connectivity index (χ4n) is 3.06. The molecule has 4 rings (SSSR count). The van der Waals surface area contributed by atoms with Crippen LogP contribution >= 0.6 is 0 Å². The molecule has 1 aliphatic heterocycles. The van der Waals surface area contributed by atoms with Gasteiger partial charge in [-0.2, -0.15) is 0 Å². The molecule has 6 heteroatoms. The van der Waals surface area contributed by atoms with Crippen molar-refractivity contribution in [2.45, 2.75) is 25.8 Å². The smallest absolute Gasteiger partial charge is 0.246 e. The summed E-state index contributed by atoms with van der Waals surface area (Å²) in [5.41, 5.74) is 4.63. The van der Waals surface area contributed by atoms with E-state index in [4.69, 9.17) is 0 Å². The highest BCUT2D eigenvalue weighted by atomic mass is 16.2. The number of anilines is 1. The second kappa shape index (κ2) is 6.05. The molecule has 0 spiro atoms. The number of aryl methyl sites for hydroxylation is 1. The zero-order valence-electron chi connectivity index (χ0n) is 13.8. The Morgan fingerprint density at radius 3 is 2.76 bits per heavy atom. The van der Waals surface area contributed by atoms with Gasteiger partial charge in [-0.1, -0.05) is 18.2 Å². The molecular formula is C19H18N4O2. The molecule has 0 radical (unpaired) electrons. The predicted molar refractivity (Wildman–Crippen MR) is 95.2 cm³/mol. The Morgan fingerprint density at radius 1 is 1.28 bits per heavy atom. The average Bonchev–Trinajstić information content (AvgIpc) is 3.23. The van der Waals surface area contributed by atoms with E-state index in [2.05, 4.69) is 15.6 Å². The summed E-state index contributed by atoms with van der Waals surface area (Å²) in [4.78, 5) is 28.0. The van der Waals surface area contributed by atoms with Crippen LogP contribution in [0.5, 0.6) is 0 Å². The van der Waals surface area contributed by atoms with E-state index in [-0.39, 0.29) is 11.8 Å². The summed E-state index contributed by atoms with van der Waals surface area (Å²) in [6.07, 6.45) is 4.92. The number of amides is 2. The third kappa shape index (κ3) is 2.98. The summed E-state index contributed by atoms with van der Waals surface area (Å²) in [6.45, 7) is 2.03. The number of benzene rings is 1. The average molecular weight is 334 g/mol. The van der Waals surface area contributed by atoms with Crippen molar-refractivity contribution in [1.29, 1.82) is 0 Å². The van der Waals surface area contributed by atoms with Gasteiger partial charge in [0.15, 0.2) is 0 Å². The summed E-state index contributed by atoms with van der Waals surface area (Å²) in [5.74, 6) is -0.250. The van der Waals surface area contributed by atoms with Gasteiger partial charge >= 0.3 is 0 Å². The first-order valence-electron chi connectivity index (χ1n) is 8.25. The van der Waals surface area contributed by atoms with Crippen LogP contribution in [0.2, 0.25) is 0 Å². The fraction of sp³-hybridized carbons (Fsp3) is 0.211. The summed E-state index contributed by atoms with van der Waals surface area (Å²) in [6, 6.07) is 11.1. The molecular weight excluding hydrogens is 316 g/mol. The first kappa shape index (κ1) is 15.4. The van der Waals surface area contributed by atoms with Crippen LogP contribution in [-0.4, -0.2) is 27.2 Å². The maximum absolute atomic E-state index is 12.1. The Balaban J connectivity index is 1.52. The minimum absolute atomic E-state index is 0.0716. The maximum atomic E-state index is 12.1. The van der Waals surface area contributed by atoms with Gasteiger partial charge in [-0.05, 0) is 37.1 Å². The Hall–Kier alpha value is -3.15. The molecule has 1 aliphatic rings. The Kier molecular flexibility index (Phi) is 3.72. The van der Waals surface area contributed by atoms with E-state index in [0.717, 1.165) is 22.5 Å². The molecule has 0 unspecified atom stereocenters. The molecule has 1 fully saturated rings. The highest BCUT2D eigenvalue weighted by Gasteiger charge is 2.27. The molecule has 126 valence electrons. The molecule has 0 saturated carbocycles. The molecule has 6 nitrogen and oxygen atoms in total. The van der Waals surface area contributed by atoms with Crippen molar-refractivity contribution in [2.24, 2.45) is 0 Å². The van der Waals surface area contributed by atoms with Gasteiger partial charge in [-0.15, -0.1) is 0 Å². The third-order valence-electron chi connectivity index (χ3n) is 4.44. The molecule has 1 atom stereocenters. The van der Waals surface area contributed by atoms with Crippen LogP contribution in [0.3, 0.4) is 0 Å². The summed E-state index contributed by atoms with van der Waals surface area (Å²) >= 11 is 0. The normalized spacial score (nSPS) is 16.8. The molecule has 0 bridgehead atoms. The van der Waals surface area contributed by atoms with Crippen LogP contribution < -0.4 is 10.6 Å². The number of carbonyl (C=O) groups is 2. The highest BCUT2D eigenvalue weighted by Crippen LogP contribution is 2.22. The minimum atomic E-state index is -0.436. The van der Waals surface area contributed by atoms with Crippen LogP contribution in [0.1, 0.15) is 18.4 Å². The van der Waals surface area contributed by atoms with E-state index in [9.17, 15) is 9.59 Å². The maximum Gasteiger partial charge on any atom is 0.246 e. The number of pyridine rings is 1. The lowest BCUT2D eigenvalue weighted by Crippen LogP contribution is -2.37. The summed E-state index contributed by atoms with van der Waals surface area (Å²) < 4.78 is 2.00. The number of nitrogens with one attached hydrogen (secondary N) is 2. The lowest BCUT2D eigenvalue weighted by atomic mass is 10.1. The summed E-state index contributed by atoms with van der Waals surface area (Å²) in [5, 5.41) is 5.51. The van der Waals surface area contributed by atoms with Crippen molar-refractivity contribution in [1.82, 2.24) is 14.7 Å². The molecule has 3 aromatic rings. The second-order valence-electron chi connectivity index (χ2n) is 6.27. The zero-order valence-corrected chi connectivity index (χ0v) is 13.8. The number of carbonyl (C=O) groups excluding carboxylic acids is 2. The molecule has 0 aliphatic carbocycles. The Bertz CT molecular complexity index is 959. The molecule has 1 saturated heterocycles. The van der Waals surface area contributed by atoms with Gasteiger partial charge in [0, 0.05) is 30.1 Å². The van der Waals surface area contributed by atoms with Gasteiger partial charge < -0.3 is 15.0 Å². The number of aromatic nitrogens is 2. The van der Waals surface area contributed by atoms with Gasteiger partial charge in [0.25, 0.3) is 0 Å². The van der Waals surface area contributed by atoms with Crippen molar-refractivity contribution in [3.05, 3.63) is 54.4 Å². The fourth-order valence-corrected chi connectivity index (χ4v) is 3.06. The SMILES string of the molecule is Cc1cccn2cc(-c3ccc(NC(=O)[C@H]4CCC(=O)N4)cc3)nc12. The number of fused-ring (bicyclic) bond motifs is 1. The minimum Gasteiger partial charge on any atom is -0.344 e. The first-order chi connectivity index (χ1) is 12.1. The zero-order chi connectivity index (χ0) is 17.4. The molecule has 1 aromatic carbocycles. The Morgan fingerprint density at radius 2 is 2.08 bits per heavy atom. The van der Waals surface area contributed by atoms with Gasteiger partial charge in [-0.3, -0.25) is 9.59 Å². The van der Waals surface area contributed by atoms with Gasteiger partial charge in [-0.25, -0.2) is 4.98 Å². The van der Waals surface area contributed by atoms with Crippen molar-refractivity contribution >= 4 is 23.1 Å². The number of hydrogen-bond acceptors (Lipinski definition) is 3. The second-order valence-corrected chi connectivity index (χ2v) is 6.27. The molecule has 25 heavy (non-hydrogen) atoms. The van der Waals surface area contributed by atoms with Crippen molar-refractivity contribution in [2.75, 3.05) is 5.32 Å². The highest BCUT2D eigenvalue weighted by molar-refractivity contribution is 5.99. The van der Waals surface area contributed by atoms with Crippen LogP contribution in [0.4, 0.5) is 5.69 Å². The van der Waals surface area contributed by atoms with E-state index >= 15 is 0 Å². The van der Waals surface area contributed by atoms with Crippen molar-refractivity contribution in [3.8, 4) is 11.3 Å². The van der Waals surface area contributed by atoms with E-state index < -0.39 is 6.04 Å². The number of hydrogen-bond donors (Lipinski definition) is 2. The van der Waals surface area contributed by atoms with Crippen LogP contribution in [0.25, 0.3) is 16.9 Å². The van der Waals surface area contributed by atoms with Gasteiger partial charge in [0.2, 0.25) is 11.8 Å². The first-order valence-corrected chi connectivity index (χ1v) is 8.25. The standard InChI is InChI=1S/C19H18N4O2/c1-12-3-2-10-23-11-16(22-18(12)23)13-4-6-14(7-5-13)20-19(25)15-8-9-17(24)21-15/h2-7,10-11,15H,8-9H2,1H3,(H,20,25)(H,21,24)/t15-/m1/s1. The molecule has 2 amide bonds. The number of imidazole rings is 1. The number of rotatable bonds is 3. The molecule has 2 aromatic heterocycles. The summed E-state index contributed by atoms with van der Waals surface area (Å²) in [7, 11) is 0. The van der Waals surface area contributed by atoms with Gasteiger partial charge in [0.1, 0.15) is 11.7 Å². The van der Waals surface area contributed by atoms with Crippen LogP contribution in [0, 0.1) is 6.92 Å². The Labute approximate surface area is 144 Å². The van der Waals surface area contributed by atoms with E-state index in [1.54, 1.807) is 0 Å². The topological polar surface area (TPSA) is 75.5 Å². The molecule has 3 heterocycles. The van der Waals surface area contributed by atoms with E-state index in [1.807, 2.05) is 60.1 Å². The quantitative estimate of drug-likeness (QED) is 0.773. The van der Waals surface area contributed by atoms with Crippen LogP contribution in [-0.2, 0) is 9.59 Å². The predicted octanol–water partition coefficient (Wildman–Crippen LogP) is 2.53. The van der Waals surface area contributed by atoms with Crippen LogP contribution in [0.15, 0.2) is 48.8 Å². The van der Waals surface area contributed by atoms with E-state index in [0.29, 0.717) is 18.5 Å². The number of nitrogens with zero attached hydrogens (tertiary/aromatic N) is 2. The monoisotopic (exact) mass is 334 g/mol. The largest absolute Gasteiger partial charge is 0.344 e. The van der Waals surface area contributed by atoms with E-state index in [1.165, 1.54) is 0 Å². The molecule has 2 N–H and O–H groups in total. The lowest BCUT2D eigenvalue weighted by Gasteiger charge is -2.11. The lowest BCUT2D eigenvalue weighted by molar-refractivity contribution is -0.122.